The Morgan fingerprint density at radius 2 is 0.880 bits per heavy atom. The number of rotatable bonds is 25. The maximum atomic E-state index is 14.7. The van der Waals surface area contributed by atoms with Crippen LogP contribution in [0.25, 0.3) is 0 Å². The van der Waals surface area contributed by atoms with E-state index in [9.17, 15) is 38.4 Å². The quantitative estimate of drug-likeness (QED) is 0.0678. The number of likely N-dealkylation sites (N-methyl/N-ethyl adjacent to an activating group) is 2. The molecule has 92 heavy (non-hydrogen) atoms. The molecule has 2 aliphatic carbocycles. The molecule has 4 fully saturated rings. The molecule has 22 heteroatoms. The van der Waals surface area contributed by atoms with E-state index in [4.69, 9.17) is 18.9 Å². The van der Waals surface area contributed by atoms with E-state index in [1.54, 1.807) is 88.7 Å². The summed E-state index contributed by atoms with van der Waals surface area (Å²) in [6.07, 6.45) is 12.4. The molecule has 20 nitrogen and oxygen atoms in total. The van der Waals surface area contributed by atoms with Gasteiger partial charge in [-0.25, -0.2) is 9.59 Å². The number of thioether (sulfide) groups is 2. The topological polar surface area (TPSA) is 235 Å². The van der Waals surface area contributed by atoms with E-state index >= 15 is 0 Å². The number of carbonyl (C=O) groups is 8. The number of hydrogen-bond acceptors (Lipinski definition) is 14. The third kappa shape index (κ3) is 17.8. The molecule has 0 aromatic heterocycles. The van der Waals surface area contributed by atoms with E-state index in [0.717, 1.165) is 73.6 Å². The summed E-state index contributed by atoms with van der Waals surface area (Å²) in [5, 5.41) is 12.1. The molecule has 2 aromatic carbocycles. The predicted octanol–water partition coefficient (Wildman–Crippen LogP) is 10.1. The average molecular weight is 1320 g/mol. The lowest BCUT2D eigenvalue weighted by atomic mass is 9.83. The van der Waals surface area contributed by atoms with Crippen molar-refractivity contribution in [2.24, 2.45) is 10.8 Å². The molecule has 0 bridgehead atoms. The number of amides is 8. The molecule has 0 radical (unpaired) electrons. The highest BCUT2D eigenvalue weighted by Gasteiger charge is 2.57. The first-order chi connectivity index (χ1) is 43.4. The number of nitrogens with zero attached hydrogens (tertiary/aromatic N) is 4. The van der Waals surface area contributed by atoms with Crippen LogP contribution in [0.3, 0.4) is 0 Å². The van der Waals surface area contributed by atoms with Crippen molar-refractivity contribution in [3.05, 3.63) is 70.8 Å². The molecular formula is C70H106N8O12S2. The number of carbonyl (C=O) groups excluding carboxylic acids is 8. The lowest BCUT2D eigenvalue weighted by molar-refractivity contribution is -0.144. The largest absolute Gasteiger partial charge is 0.444 e. The Morgan fingerprint density at radius 3 is 1.23 bits per heavy atom. The Bertz CT molecular complexity index is 2760. The van der Waals surface area contributed by atoms with Gasteiger partial charge in [0.1, 0.15) is 47.5 Å². The van der Waals surface area contributed by atoms with Crippen LogP contribution in [0.4, 0.5) is 9.59 Å². The van der Waals surface area contributed by atoms with Gasteiger partial charge in [0.2, 0.25) is 35.4 Å². The van der Waals surface area contributed by atoms with Crippen molar-refractivity contribution in [1.29, 1.82) is 0 Å². The van der Waals surface area contributed by atoms with Crippen molar-refractivity contribution in [2.45, 2.75) is 268 Å². The van der Waals surface area contributed by atoms with Crippen molar-refractivity contribution in [1.82, 2.24) is 40.9 Å². The summed E-state index contributed by atoms with van der Waals surface area (Å²) >= 11 is 3.28. The first-order valence-corrected chi connectivity index (χ1v) is 35.9. The number of fused-ring (bicyclic) bond motifs is 4. The maximum absolute atomic E-state index is 14.7. The summed E-state index contributed by atoms with van der Waals surface area (Å²) in [4.78, 5) is 117. The molecule has 4 N–H and O–H groups in total. The first kappa shape index (κ1) is 72.3. The Hall–Kier alpha value is -5.58. The molecule has 12 atom stereocenters. The fourth-order valence-electron chi connectivity index (χ4n) is 13.9. The molecule has 4 saturated heterocycles. The van der Waals surface area contributed by atoms with Gasteiger partial charge in [-0.05, 0) is 139 Å². The highest BCUT2D eigenvalue weighted by molar-refractivity contribution is 8.00. The van der Waals surface area contributed by atoms with Crippen molar-refractivity contribution in [3.8, 4) is 0 Å². The lowest BCUT2D eigenvalue weighted by Crippen LogP contribution is -2.58. The summed E-state index contributed by atoms with van der Waals surface area (Å²) in [7, 11) is 3.00. The normalized spacial score (nSPS) is 26.2. The van der Waals surface area contributed by atoms with Gasteiger partial charge in [0.05, 0.1) is 35.0 Å². The molecular weight excluding hydrogens is 1210 g/mol. The van der Waals surface area contributed by atoms with Crippen LogP contribution < -0.4 is 21.3 Å². The van der Waals surface area contributed by atoms with Crippen LogP contribution in [0, 0.1) is 10.8 Å². The van der Waals surface area contributed by atoms with Crippen molar-refractivity contribution >= 4 is 71.2 Å². The van der Waals surface area contributed by atoms with Gasteiger partial charge in [-0.2, -0.15) is 0 Å². The predicted molar refractivity (Wildman–Crippen MR) is 358 cm³/mol. The van der Waals surface area contributed by atoms with Gasteiger partial charge in [-0.3, -0.25) is 38.6 Å². The number of unbranched alkanes of at least 4 members (excludes halogenated alkanes) is 9. The zero-order valence-corrected chi connectivity index (χ0v) is 58.8. The van der Waals surface area contributed by atoms with E-state index in [0.29, 0.717) is 63.2 Å². The van der Waals surface area contributed by atoms with Gasteiger partial charge >= 0.3 is 12.2 Å². The van der Waals surface area contributed by atoms with Crippen LogP contribution in [0.5, 0.6) is 0 Å². The number of nitrogens with one attached hydrogen (secondary N) is 4. The monoisotopic (exact) mass is 1310 g/mol. The Labute approximate surface area is 555 Å². The van der Waals surface area contributed by atoms with E-state index in [2.05, 4.69) is 45.5 Å². The van der Waals surface area contributed by atoms with Gasteiger partial charge in [0, 0.05) is 40.2 Å². The van der Waals surface area contributed by atoms with Crippen LogP contribution in [-0.2, 0) is 60.6 Å². The first-order valence-electron chi connectivity index (χ1n) is 33.8. The summed E-state index contributed by atoms with van der Waals surface area (Å²) in [6.45, 7) is 23.1. The molecule has 4 heterocycles. The second-order valence-corrected chi connectivity index (χ2v) is 32.3. The van der Waals surface area contributed by atoms with Gasteiger partial charge < -0.3 is 50.0 Å². The number of ether oxygens (including phenoxy) is 4. The van der Waals surface area contributed by atoms with E-state index in [1.165, 1.54) is 36.7 Å². The second-order valence-electron chi connectivity index (χ2n) is 29.7. The van der Waals surface area contributed by atoms with Crippen molar-refractivity contribution in [2.75, 3.05) is 38.8 Å². The van der Waals surface area contributed by atoms with Crippen molar-refractivity contribution in [3.63, 3.8) is 0 Å². The van der Waals surface area contributed by atoms with Crippen LogP contribution >= 0.6 is 23.5 Å². The van der Waals surface area contributed by atoms with Crippen LogP contribution in [-0.4, -0.2) is 176 Å². The fraction of sp³-hybridized carbons (Fsp3) is 0.714. The molecule has 0 saturated carbocycles. The van der Waals surface area contributed by atoms with Crippen molar-refractivity contribution < 1.29 is 57.3 Å². The highest BCUT2D eigenvalue weighted by Crippen LogP contribution is 2.49. The standard InChI is InChI=1S/C70H106N8O12S2/c1-43(75(13)65(85)89-67(3,4)5)59(79)71-49-33-37-91-53-41-69(9,10)57(77(53)63(49)83)61(81)73-55-47-31-25-23-29-45(47)39-51(55)87-35-27-21-19-17-15-16-18-20-22-28-36-88-52-40-46-30-24-26-32-48(46)56(52)74-62(82)58-70(11,12)42-54-78(58)64(84)50(34-38-92-54)72-60(80)44(2)76(14)66(86)90-68(6,7)8/h23-26,29-32,43-44,49-58H,15-22,27-28,33-42H2,1-14H3,(H,71,79)(H,72,80)(H,73,81)(H,74,82)/t43-,44-,49-,50-,51+,52+,53-,54-,55-,56-,57+,58+/m0/s1. The molecule has 6 aliphatic rings. The second kappa shape index (κ2) is 30.9. The summed E-state index contributed by atoms with van der Waals surface area (Å²) in [5.74, 6) is -0.749. The van der Waals surface area contributed by atoms with E-state index in [-0.39, 0.29) is 58.7 Å². The van der Waals surface area contributed by atoms with Gasteiger partial charge in [-0.1, -0.05) is 128 Å². The minimum Gasteiger partial charge on any atom is -0.444 e. The lowest BCUT2D eigenvalue weighted by Gasteiger charge is -2.35. The SMILES string of the molecule is C[C@@H](C(=O)N[C@H]1CCS[C@H]2CC(C)(C)[C@@H](C(=O)N[C@H]3c4ccccc4C[C@H]3OCCCCCCCCCCCCO[C@@H]3Cc4ccccc4[C@@H]3NC(=O)[C@H]3N4C(=O)[C@@H](NC(=O)[C@H](C)N(C)C(=O)OC(C)(C)C)CCS[C@H]4CC3(C)C)N2C1=O)N(C)C(=O)OC(C)(C)C. The molecule has 2 aromatic rings. The summed E-state index contributed by atoms with van der Waals surface area (Å²) in [5.41, 5.74) is 1.77. The Morgan fingerprint density at radius 1 is 0.543 bits per heavy atom. The Kier molecular flexibility index (Phi) is 24.2. The summed E-state index contributed by atoms with van der Waals surface area (Å²) < 4.78 is 24.2. The zero-order chi connectivity index (χ0) is 67.0. The average Bonchev–Trinajstić information content (AvgIpc) is 1.60. The zero-order valence-electron chi connectivity index (χ0n) is 57.2. The number of benzene rings is 2. The third-order valence-corrected chi connectivity index (χ3v) is 21.7. The van der Waals surface area contributed by atoms with Gasteiger partial charge in [-0.15, -0.1) is 23.5 Å². The summed E-state index contributed by atoms with van der Waals surface area (Å²) in [6, 6.07) is 10.5. The van der Waals surface area contributed by atoms with Crippen LogP contribution in [0.2, 0.25) is 0 Å². The van der Waals surface area contributed by atoms with Gasteiger partial charge in [0.15, 0.2) is 0 Å². The smallest absolute Gasteiger partial charge is 0.410 e. The number of hydrogen-bond donors (Lipinski definition) is 4. The molecule has 4 aliphatic heterocycles. The molecule has 0 spiro atoms. The maximum Gasteiger partial charge on any atom is 0.410 e. The van der Waals surface area contributed by atoms with E-state index in [1.807, 2.05) is 52.0 Å². The molecule has 0 unspecified atom stereocenters. The van der Waals surface area contributed by atoms with Crippen LogP contribution in [0.1, 0.15) is 207 Å². The fourth-order valence-corrected chi connectivity index (χ4v) is 17.1. The Balaban J connectivity index is 0.742. The molecule has 8 rings (SSSR count). The third-order valence-electron chi connectivity index (χ3n) is 19.2. The highest BCUT2D eigenvalue weighted by atomic mass is 32.2. The van der Waals surface area contributed by atoms with Crippen LogP contribution in [0.15, 0.2) is 48.5 Å². The minimum atomic E-state index is -0.895. The molecule has 8 amide bonds. The van der Waals surface area contributed by atoms with E-state index < -0.39 is 82.3 Å². The minimum absolute atomic E-state index is 0.227. The van der Waals surface area contributed by atoms with Gasteiger partial charge in [0.25, 0.3) is 0 Å². The molecule has 510 valence electrons.